The number of carbonyl (C=O) groups excluding carboxylic acids is 3. The molecule has 0 aliphatic carbocycles. The zero-order valence-corrected chi connectivity index (χ0v) is 15.4. The second-order valence-electron chi connectivity index (χ2n) is 6.27. The number of esters is 1. The molecule has 1 saturated heterocycles. The molecule has 1 unspecified atom stereocenters. The van der Waals surface area contributed by atoms with Gasteiger partial charge in [-0.05, 0) is 37.1 Å². The van der Waals surface area contributed by atoms with Gasteiger partial charge in [0.2, 0.25) is 0 Å². The summed E-state index contributed by atoms with van der Waals surface area (Å²) in [6.07, 6.45) is 3.31. The van der Waals surface area contributed by atoms with Gasteiger partial charge in [0.05, 0.1) is 24.5 Å². The number of rotatable bonds is 6. The largest absolute Gasteiger partial charge is 0.465 e. The van der Waals surface area contributed by atoms with Crippen LogP contribution in [0.3, 0.4) is 0 Å². The number of nitrogens with one attached hydrogen (secondary N) is 2. The van der Waals surface area contributed by atoms with Crippen LogP contribution in [0.1, 0.15) is 44.0 Å². The lowest BCUT2D eigenvalue weighted by atomic mass is 10.1. The van der Waals surface area contributed by atoms with Crippen LogP contribution in [0, 0.1) is 0 Å². The zero-order valence-electron chi connectivity index (χ0n) is 15.4. The van der Waals surface area contributed by atoms with Crippen molar-refractivity contribution in [2.24, 2.45) is 0 Å². The van der Waals surface area contributed by atoms with E-state index in [4.69, 9.17) is 9.47 Å². The van der Waals surface area contributed by atoms with Crippen molar-refractivity contribution in [2.75, 3.05) is 25.6 Å². The molecule has 1 fully saturated rings. The van der Waals surface area contributed by atoms with Crippen LogP contribution in [0.15, 0.2) is 42.6 Å². The molecule has 0 radical (unpaired) electrons. The minimum Gasteiger partial charge on any atom is -0.465 e. The first-order chi connectivity index (χ1) is 13.6. The summed E-state index contributed by atoms with van der Waals surface area (Å²) in [4.78, 5) is 40.7. The molecule has 146 valence electrons. The van der Waals surface area contributed by atoms with Crippen LogP contribution in [-0.4, -0.2) is 49.1 Å². The van der Waals surface area contributed by atoms with Crippen LogP contribution in [-0.2, 0) is 9.47 Å². The third-order valence-corrected chi connectivity index (χ3v) is 4.35. The number of anilines is 1. The van der Waals surface area contributed by atoms with Gasteiger partial charge >= 0.3 is 5.97 Å². The van der Waals surface area contributed by atoms with E-state index in [-0.39, 0.29) is 28.8 Å². The third kappa shape index (κ3) is 4.72. The van der Waals surface area contributed by atoms with Crippen molar-refractivity contribution in [1.82, 2.24) is 10.3 Å². The summed E-state index contributed by atoms with van der Waals surface area (Å²) in [7, 11) is 1.27. The van der Waals surface area contributed by atoms with Gasteiger partial charge < -0.3 is 20.1 Å². The predicted octanol–water partition coefficient (Wildman–Crippen LogP) is 2.03. The van der Waals surface area contributed by atoms with E-state index in [0.29, 0.717) is 18.8 Å². The number of pyridine rings is 1. The molecular weight excluding hydrogens is 362 g/mol. The summed E-state index contributed by atoms with van der Waals surface area (Å²) in [5.74, 6) is -1.40. The fourth-order valence-corrected chi connectivity index (χ4v) is 2.87. The predicted molar refractivity (Wildman–Crippen MR) is 101 cm³/mol. The van der Waals surface area contributed by atoms with E-state index in [2.05, 4.69) is 15.6 Å². The van der Waals surface area contributed by atoms with Gasteiger partial charge in [0.15, 0.2) is 0 Å². The van der Waals surface area contributed by atoms with Gasteiger partial charge in [-0.1, -0.05) is 12.1 Å². The molecule has 0 spiro atoms. The summed E-state index contributed by atoms with van der Waals surface area (Å²) in [5, 5.41) is 5.43. The fraction of sp³-hybridized carbons (Fsp3) is 0.300. The summed E-state index contributed by atoms with van der Waals surface area (Å²) in [6, 6.07) is 9.41. The highest BCUT2D eigenvalue weighted by Gasteiger charge is 2.19. The molecule has 0 bridgehead atoms. The van der Waals surface area contributed by atoms with E-state index >= 15 is 0 Å². The SMILES string of the molecule is COC(=O)c1ccccc1NC(=O)c1ccnc(C(=O)NCC2CCCO2)c1. The Labute approximate surface area is 162 Å². The first kappa shape index (κ1) is 19.5. The standard InChI is InChI=1S/C20H21N3O5/c1-27-20(26)15-6-2-3-7-16(15)23-18(24)13-8-9-21-17(11-13)19(25)22-12-14-5-4-10-28-14/h2-3,6-9,11,14H,4-5,10,12H2,1H3,(H,22,25)(H,23,24). The molecule has 1 aromatic carbocycles. The van der Waals surface area contributed by atoms with Crippen molar-refractivity contribution in [2.45, 2.75) is 18.9 Å². The fourth-order valence-electron chi connectivity index (χ4n) is 2.87. The number of methoxy groups -OCH3 is 1. The molecule has 1 aliphatic heterocycles. The number of ether oxygens (including phenoxy) is 2. The van der Waals surface area contributed by atoms with Crippen molar-refractivity contribution >= 4 is 23.5 Å². The maximum atomic E-state index is 12.6. The molecule has 2 N–H and O–H groups in total. The van der Waals surface area contributed by atoms with Crippen LogP contribution in [0.5, 0.6) is 0 Å². The quantitative estimate of drug-likeness (QED) is 0.739. The Bertz CT molecular complexity index is 878. The van der Waals surface area contributed by atoms with Crippen LogP contribution in [0.4, 0.5) is 5.69 Å². The smallest absolute Gasteiger partial charge is 0.339 e. The molecule has 1 atom stereocenters. The number of carbonyl (C=O) groups is 3. The molecule has 28 heavy (non-hydrogen) atoms. The van der Waals surface area contributed by atoms with Crippen molar-refractivity contribution in [3.63, 3.8) is 0 Å². The van der Waals surface area contributed by atoms with Crippen LogP contribution >= 0.6 is 0 Å². The first-order valence-electron chi connectivity index (χ1n) is 8.93. The highest BCUT2D eigenvalue weighted by atomic mass is 16.5. The Morgan fingerprint density at radius 3 is 2.79 bits per heavy atom. The lowest BCUT2D eigenvalue weighted by Gasteiger charge is -2.11. The Kier molecular flexibility index (Phi) is 6.33. The number of para-hydroxylation sites is 1. The van der Waals surface area contributed by atoms with E-state index < -0.39 is 11.9 Å². The Balaban J connectivity index is 1.69. The molecular formula is C20H21N3O5. The minimum atomic E-state index is -0.556. The molecule has 1 aliphatic rings. The molecule has 8 nitrogen and oxygen atoms in total. The van der Waals surface area contributed by atoms with Crippen LogP contribution in [0.25, 0.3) is 0 Å². The van der Waals surface area contributed by atoms with Crippen LogP contribution < -0.4 is 10.6 Å². The highest BCUT2D eigenvalue weighted by molar-refractivity contribution is 6.08. The molecule has 2 aromatic rings. The minimum absolute atomic E-state index is 0.0188. The normalized spacial score (nSPS) is 15.7. The number of aromatic nitrogens is 1. The Morgan fingerprint density at radius 2 is 2.04 bits per heavy atom. The van der Waals surface area contributed by atoms with Gasteiger partial charge in [0.25, 0.3) is 11.8 Å². The van der Waals surface area contributed by atoms with Crippen molar-refractivity contribution in [1.29, 1.82) is 0 Å². The zero-order chi connectivity index (χ0) is 19.9. The number of hydrogen-bond acceptors (Lipinski definition) is 6. The summed E-state index contributed by atoms with van der Waals surface area (Å²) < 4.78 is 10.2. The van der Waals surface area contributed by atoms with Crippen molar-refractivity contribution < 1.29 is 23.9 Å². The highest BCUT2D eigenvalue weighted by Crippen LogP contribution is 2.17. The van der Waals surface area contributed by atoms with Gasteiger partial charge in [-0.3, -0.25) is 14.6 Å². The average molecular weight is 383 g/mol. The van der Waals surface area contributed by atoms with Crippen molar-refractivity contribution in [3.8, 4) is 0 Å². The Morgan fingerprint density at radius 1 is 1.21 bits per heavy atom. The molecule has 8 heteroatoms. The molecule has 2 heterocycles. The van der Waals surface area contributed by atoms with E-state index in [0.717, 1.165) is 12.8 Å². The first-order valence-corrected chi connectivity index (χ1v) is 8.93. The third-order valence-electron chi connectivity index (χ3n) is 4.35. The summed E-state index contributed by atoms with van der Waals surface area (Å²) >= 11 is 0. The van der Waals surface area contributed by atoms with E-state index in [9.17, 15) is 14.4 Å². The summed E-state index contributed by atoms with van der Waals surface area (Å²) in [6.45, 7) is 1.12. The molecule has 0 saturated carbocycles. The van der Waals surface area contributed by atoms with E-state index in [1.807, 2.05) is 0 Å². The maximum Gasteiger partial charge on any atom is 0.339 e. The van der Waals surface area contributed by atoms with E-state index in [1.54, 1.807) is 24.3 Å². The number of amides is 2. The molecule has 3 rings (SSSR count). The lowest BCUT2D eigenvalue weighted by Crippen LogP contribution is -2.32. The second-order valence-corrected chi connectivity index (χ2v) is 6.27. The summed E-state index contributed by atoms with van der Waals surface area (Å²) in [5.41, 5.74) is 0.936. The van der Waals surface area contributed by atoms with Crippen molar-refractivity contribution in [3.05, 3.63) is 59.4 Å². The maximum absolute atomic E-state index is 12.6. The molecule has 1 aromatic heterocycles. The molecule has 2 amide bonds. The number of hydrogen-bond donors (Lipinski definition) is 2. The van der Waals surface area contributed by atoms with Gasteiger partial charge in [-0.15, -0.1) is 0 Å². The second kappa shape index (κ2) is 9.09. The lowest BCUT2D eigenvalue weighted by molar-refractivity contribution is 0.0601. The topological polar surface area (TPSA) is 107 Å². The Hall–Kier alpha value is -3.26. The van der Waals surface area contributed by atoms with Crippen LogP contribution in [0.2, 0.25) is 0 Å². The van der Waals surface area contributed by atoms with Gasteiger partial charge in [-0.25, -0.2) is 4.79 Å². The number of benzene rings is 1. The van der Waals surface area contributed by atoms with E-state index in [1.165, 1.54) is 25.4 Å². The number of nitrogens with zero attached hydrogens (tertiary/aromatic N) is 1. The van der Waals surface area contributed by atoms with Gasteiger partial charge in [-0.2, -0.15) is 0 Å². The van der Waals surface area contributed by atoms with Gasteiger partial charge in [0, 0.05) is 24.9 Å². The average Bonchev–Trinajstić information content (AvgIpc) is 3.25. The van der Waals surface area contributed by atoms with Gasteiger partial charge in [0.1, 0.15) is 5.69 Å². The monoisotopic (exact) mass is 383 g/mol.